The van der Waals surface area contributed by atoms with Crippen molar-refractivity contribution in [1.29, 1.82) is 0 Å². The van der Waals surface area contributed by atoms with Crippen LogP contribution in [0.15, 0.2) is 5.10 Å². The van der Waals surface area contributed by atoms with Gasteiger partial charge in [-0.2, -0.15) is 0 Å². The van der Waals surface area contributed by atoms with E-state index in [9.17, 15) is 19.7 Å². The Morgan fingerprint density at radius 1 is 1.48 bits per heavy atom. The number of hydrazone groups is 1. The molecule has 0 rings (SSSR count). The van der Waals surface area contributed by atoms with Gasteiger partial charge in [-0.3, -0.25) is 4.79 Å². The van der Waals surface area contributed by atoms with Crippen molar-refractivity contribution in [2.45, 2.75) is 45.3 Å². The van der Waals surface area contributed by atoms with E-state index in [4.69, 9.17) is 15.6 Å². The molecule has 0 aliphatic heterocycles. The van der Waals surface area contributed by atoms with Crippen molar-refractivity contribution in [3.8, 4) is 0 Å². The lowest BCUT2D eigenvalue weighted by atomic mass is 10.1. The van der Waals surface area contributed by atoms with Crippen molar-refractivity contribution in [1.82, 2.24) is 10.2 Å². The third-order valence-corrected chi connectivity index (χ3v) is 2.53. The molecule has 11 nitrogen and oxygen atoms in total. The minimum Gasteiger partial charge on any atom is -0.481 e. The first-order valence-electron chi connectivity index (χ1n) is 6.81. The van der Waals surface area contributed by atoms with Crippen LogP contribution in [0.2, 0.25) is 0 Å². The maximum absolute atomic E-state index is 11.7. The number of hydrogen-bond donors (Lipinski definition) is 3. The van der Waals surface area contributed by atoms with Crippen molar-refractivity contribution in [3.63, 3.8) is 0 Å². The number of nitrogens with one attached hydrogen (secondary N) is 1. The molecule has 0 unspecified atom stereocenters. The van der Waals surface area contributed by atoms with E-state index in [0.29, 0.717) is 0 Å². The van der Waals surface area contributed by atoms with E-state index in [0.717, 1.165) is 0 Å². The molecule has 0 aliphatic rings. The fraction of sp³-hybridized carbons (Fsp3) is 0.750. The van der Waals surface area contributed by atoms with Gasteiger partial charge in [-0.15, -0.1) is 0 Å². The number of hydrogen-bond acceptors (Lipinski definition) is 5. The summed E-state index contributed by atoms with van der Waals surface area (Å²) in [7, 11) is 1.47. The van der Waals surface area contributed by atoms with Crippen LogP contribution in [0.4, 0.5) is 4.79 Å². The first-order valence-corrected chi connectivity index (χ1v) is 6.81. The van der Waals surface area contributed by atoms with Gasteiger partial charge >= 0.3 is 12.1 Å². The highest BCUT2D eigenvalue weighted by molar-refractivity contribution is 5.77. The first kappa shape index (κ1) is 20.4. The molecule has 132 valence electrons. The number of aliphatic carboxylic acids is 1. The highest BCUT2D eigenvalue weighted by Crippen LogP contribution is 2.08. The summed E-state index contributed by atoms with van der Waals surface area (Å²) >= 11 is 0. The number of guanidine groups is 1. The second-order valence-corrected chi connectivity index (χ2v) is 5.85. The summed E-state index contributed by atoms with van der Waals surface area (Å²) in [5.74, 6) is -1.41. The van der Waals surface area contributed by atoms with E-state index in [1.165, 1.54) is 11.9 Å². The van der Waals surface area contributed by atoms with Gasteiger partial charge in [-0.25, -0.2) is 14.9 Å². The second-order valence-electron chi connectivity index (χ2n) is 5.85. The number of carboxylic acid groups (broad SMARTS) is 1. The fourth-order valence-electron chi connectivity index (χ4n) is 1.53. The summed E-state index contributed by atoms with van der Waals surface area (Å²) in [6.45, 7) is 5.21. The van der Waals surface area contributed by atoms with Crippen LogP contribution in [0, 0.1) is 10.1 Å². The van der Waals surface area contributed by atoms with Crippen LogP contribution in [0.25, 0.3) is 0 Å². The number of nitrogens with two attached hydrogens (primary N) is 1. The molecule has 23 heavy (non-hydrogen) atoms. The number of amides is 1. The van der Waals surface area contributed by atoms with Gasteiger partial charge in [-0.1, -0.05) is 0 Å². The lowest BCUT2D eigenvalue weighted by molar-refractivity contribution is -0.485. The largest absolute Gasteiger partial charge is 0.481 e. The number of carboxylic acids is 1. The Balaban J connectivity index is 4.65. The zero-order valence-corrected chi connectivity index (χ0v) is 13.6. The molecule has 0 radical (unpaired) electrons. The average Bonchev–Trinajstić information content (AvgIpc) is 2.31. The number of nitro groups is 1. The molecule has 0 bridgehead atoms. The molecule has 0 heterocycles. The van der Waals surface area contributed by atoms with E-state index >= 15 is 0 Å². The van der Waals surface area contributed by atoms with E-state index < -0.39 is 28.7 Å². The molecule has 0 fully saturated rings. The van der Waals surface area contributed by atoms with Crippen LogP contribution >= 0.6 is 0 Å². The van der Waals surface area contributed by atoms with Gasteiger partial charge in [0.25, 0.3) is 5.96 Å². The van der Waals surface area contributed by atoms with E-state index in [1.54, 1.807) is 20.8 Å². The van der Waals surface area contributed by atoms with Crippen LogP contribution in [0.3, 0.4) is 0 Å². The smallest absolute Gasteiger partial charge is 0.407 e. The molecule has 0 saturated carbocycles. The summed E-state index contributed by atoms with van der Waals surface area (Å²) in [6, 6.07) is -0.715. The third kappa shape index (κ3) is 10.7. The van der Waals surface area contributed by atoms with Gasteiger partial charge in [0.2, 0.25) is 0 Å². The lowest BCUT2D eigenvalue weighted by Crippen LogP contribution is -2.43. The zero-order valence-electron chi connectivity index (χ0n) is 13.6. The van der Waals surface area contributed by atoms with Crippen molar-refractivity contribution >= 4 is 18.0 Å². The summed E-state index contributed by atoms with van der Waals surface area (Å²) in [4.78, 5) is 34.1. The number of nitrogens with zero attached hydrogens (tertiary/aromatic N) is 3. The van der Waals surface area contributed by atoms with Gasteiger partial charge in [0.15, 0.2) is 5.03 Å². The predicted octanol–water partition coefficient (Wildman–Crippen LogP) is 0.183. The van der Waals surface area contributed by atoms with Crippen LogP contribution < -0.4 is 11.1 Å². The van der Waals surface area contributed by atoms with Gasteiger partial charge < -0.3 is 25.8 Å². The van der Waals surface area contributed by atoms with Crippen molar-refractivity contribution < 1.29 is 24.5 Å². The second kappa shape index (κ2) is 8.76. The molecule has 11 heteroatoms. The number of carbonyl (C=O) groups excluding carboxylic acids is 1. The van der Waals surface area contributed by atoms with Crippen LogP contribution in [-0.4, -0.2) is 58.3 Å². The van der Waals surface area contributed by atoms with Gasteiger partial charge in [-0.05, 0) is 27.2 Å². The summed E-state index contributed by atoms with van der Waals surface area (Å²) in [5, 5.41) is 23.6. The molecular weight excluding hydrogens is 310 g/mol. The SMILES string of the molecule is CN(CC[C@@H](CC(=O)O)NC(=O)OC(C)(C)C)/C(N)=N/[N+](=O)[O-]. The summed E-state index contributed by atoms with van der Waals surface area (Å²) in [5.41, 5.74) is 4.69. The Labute approximate surface area is 133 Å². The Kier molecular flexibility index (Phi) is 7.77. The monoisotopic (exact) mass is 333 g/mol. The Morgan fingerprint density at radius 3 is 2.48 bits per heavy atom. The van der Waals surface area contributed by atoms with Gasteiger partial charge in [0.05, 0.1) is 6.42 Å². The van der Waals surface area contributed by atoms with E-state index in [1.807, 2.05) is 0 Å². The van der Waals surface area contributed by atoms with E-state index in [-0.39, 0.29) is 25.3 Å². The van der Waals surface area contributed by atoms with Crippen LogP contribution in [-0.2, 0) is 9.53 Å². The summed E-state index contributed by atoms with van der Waals surface area (Å²) < 4.78 is 5.06. The molecule has 0 aromatic heterocycles. The molecule has 0 aromatic rings. The maximum Gasteiger partial charge on any atom is 0.407 e. The van der Waals surface area contributed by atoms with E-state index in [2.05, 4.69) is 10.4 Å². The highest BCUT2D eigenvalue weighted by Gasteiger charge is 2.22. The van der Waals surface area contributed by atoms with Crippen LogP contribution in [0.1, 0.15) is 33.6 Å². The topological polar surface area (TPSA) is 160 Å². The fourth-order valence-corrected chi connectivity index (χ4v) is 1.53. The first-order chi connectivity index (χ1) is 10.4. The Bertz CT molecular complexity index is 473. The van der Waals surface area contributed by atoms with Crippen LogP contribution in [0.5, 0.6) is 0 Å². The zero-order chi connectivity index (χ0) is 18.2. The Morgan fingerprint density at radius 2 is 2.04 bits per heavy atom. The normalized spacial score (nSPS) is 13.1. The molecule has 0 spiro atoms. The third-order valence-electron chi connectivity index (χ3n) is 2.53. The molecule has 0 aliphatic carbocycles. The molecule has 0 aromatic carbocycles. The highest BCUT2D eigenvalue weighted by atomic mass is 16.7. The molecule has 4 N–H and O–H groups in total. The number of rotatable bonds is 7. The molecule has 1 amide bonds. The maximum atomic E-state index is 11.7. The average molecular weight is 333 g/mol. The number of alkyl carbamates (subject to hydrolysis) is 1. The number of carbonyl (C=O) groups is 2. The lowest BCUT2D eigenvalue weighted by Gasteiger charge is -2.24. The summed E-state index contributed by atoms with van der Waals surface area (Å²) in [6.07, 6.45) is -0.867. The predicted molar refractivity (Wildman–Crippen MR) is 81.3 cm³/mol. The quantitative estimate of drug-likeness (QED) is 0.257. The minimum absolute atomic E-state index is 0.164. The van der Waals surface area contributed by atoms with Gasteiger partial charge in [0, 0.05) is 19.6 Å². The standard InChI is InChI=1S/C12H23N5O6/c1-12(2,3)23-11(20)14-8(7-9(18)19)5-6-16(4)10(13)15-17(21)22/h8H,5-7H2,1-4H3,(H2,13,15)(H,14,20)(H,18,19)/t8-/m0/s1. The molecule has 1 atom stereocenters. The van der Waals surface area contributed by atoms with Crippen molar-refractivity contribution in [2.75, 3.05) is 13.6 Å². The van der Waals surface area contributed by atoms with Crippen molar-refractivity contribution in [3.05, 3.63) is 10.1 Å². The molecule has 0 saturated heterocycles. The van der Waals surface area contributed by atoms with Crippen molar-refractivity contribution in [2.24, 2.45) is 10.8 Å². The minimum atomic E-state index is -1.10. The number of ether oxygens (including phenoxy) is 1. The Hall–Kier alpha value is -2.59. The van der Waals surface area contributed by atoms with Gasteiger partial charge in [0.1, 0.15) is 10.7 Å². The molecular formula is C12H23N5O6.